The van der Waals surface area contributed by atoms with Crippen LogP contribution in [-0.2, 0) is 4.79 Å². The molecule has 0 unspecified atom stereocenters. The number of carbonyl (C=O) groups is 2. The normalized spacial score (nSPS) is 27.6. The lowest BCUT2D eigenvalue weighted by Gasteiger charge is -2.34. The molecule has 1 aliphatic carbocycles. The summed E-state index contributed by atoms with van der Waals surface area (Å²) in [5.74, 6) is 0.709. The summed E-state index contributed by atoms with van der Waals surface area (Å²) in [4.78, 5) is 29.3. The largest absolute Gasteiger partial charge is 0.454 e. The summed E-state index contributed by atoms with van der Waals surface area (Å²) in [5, 5.41) is 13.2. The van der Waals surface area contributed by atoms with Crippen molar-refractivity contribution in [3.63, 3.8) is 0 Å². The summed E-state index contributed by atoms with van der Waals surface area (Å²) in [5.41, 5.74) is 0.445. The van der Waals surface area contributed by atoms with E-state index in [1.807, 2.05) is 11.9 Å². The molecular formula is C19H25N3O5. The molecule has 0 aromatic heterocycles. The van der Waals surface area contributed by atoms with Crippen molar-refractivity contribution >= 4 is 11.8 Å². The van der Waals surface area contributed by atoms with Gasteiger partial charge in [-0.1, -0.05) is 0 Å². The summed E-state index contributed by atoms with van der Waals surface area (Å²) in [6.45, 7) is 3.32. The van der Waals surface area contributed by atoms with Gasteiger partial charge in [0, 0.05) is 37.7 Å². The van der Waals surface area contributed by atoms with Crippen LogP contribution in [0.2, 0.25) is 0 Å². The van der Waals surface area contributed by atoms with Crippen LogP contribution in [0.25, 0.3) is 0 Å². The predicted octanol–water partition coefficient (Wildman–Crippen LogP) is 0.0586. The highest BCUT2D eigenvalue weighted by atomic mass is 16.7. The van der Waals surface area contributed by atoms with Gasteiger partial charge in [-0.15, -0.1) is 0 Å². The van der Waals surface area contributed by atoms with Crippen LogP contribution < -0.4 is 14.8 Å². The molecule has 0 radical (unpaired) electrons. The molecule has 8 heteroatoms. The van der Waals surface area contributed by atoms with Gasteiger partial charge in [-0.05, 0) is 38.1 Å². The van der Waals surface area contributed by atoms with Gasteiger partial charge >= 0.3 is 0 Å². The fourth-order valence-corrected chi connectivity index (χ4v) is 3.95. The van der Waals surface area contributed by atoms with Crippen molar-refractivity contribution in [1.82, 2.24) is 15.1 Å². The maximum Gasteiger partial charge on any atom is 0.251 e. The highest BCUT2D eigenvalue weighted by molar-refractivity contribution is 5.95. The van der Waals surface area contributed by atoms with Gasteiger partial charge in [0.25, 0.3) is 5.91 Å². The quantitative estimate of drug-likeness (QED) is 0.776. The maximum atomic E-state index is 12.7. The molecule has 27 heavy (non-hydrogen) atoms. The second-order valence-corrected chi connectivity index (χ2v) is 7.51. The van der Waals surface area contributed by atoms with Crippen LogP contribution in [0.1, 0.15) is 23.2 Å². The molecule has 1 aromatic rings. The van der Waals surface area contributed by atoms with E-state index in [2.05, 4.69) is 10.2 Å². The zero-order valence-corrected chi connectivity index (χ0v) is 15.4. The first-order valence-corrected chi connectivity index (χ1v) is 9.37. The van der Waals surface area contributed by atoms with E-state index in [0.29, 0.717) is 29.9 Å². The first kappa shape index (κ1) is 18.1. The van der Waals surface area contributed by atoms with Crippen molar-refractivity contribution in [3.05, 3.63) is 23.8 Å². The van der Waals surface area contributed by atoms with Crippen LogP contribution in [0.15, 0.2) is 18.2 Å². The number of carbonyl (C=O) groups excluding carboxylic acids is 2. The molecule has 2 N–H and O–H groups in total. The molecule has 3 aliphatic rings. The first-order chi connectivity index (χ1) is 13.0. The van der Waals surface area contributed by atoms with Crippen LogP contribution in [0, 0.1) is 5.92 Å². The Labute approximate surface area is 158 Å². The number of nitrogens with zero attached hydrogens (tertiary/aromatic N) is 2. The molecule has 2 heterocycles. The standard InChI is InChI=1S/C19H25N3O5/c1-21-4-6-22(7-5-21)19(25)13-8-14(15(23)9-13)20-18(24)12-2-3-16-17(10-12)27-11-26-16/h2-3,10,13-15,23H,4-9,11H2,1H3,(H,20,24)/t13-,14-,15-/m0/s1. The van der Waals surface area contributed by atoms with Gasteiger partial charge in [0.2, 0.25) is 12.7 Å². The van der Waals surface area contributed by atoms with E-state index in [9.17, 15) is 14.7 Å². The molecule has 0 bridgehead atoms. The number of hydrogen-bond acceptors (Lipinski definition) is 6. The number of nitrogens with one attached hydrogen (secondary N) is 1. The van der Waals surface area contributed by atoms with Crippen LogP contribution in [0.4, 0.5) is 0 Å². The molecule has 146 valence electrons. The fraction of sp³-hybridized carbons (Fsp3) is 0.579. The minimum Gasteiger partial charge on any atom is -0.454 e. The van der Waals surface area contributed by atoms with Crippen molar-refractivity contribution in [1.29, 1.82) is 0 Å². The lowest BCUT2D eigenvalue weighted by atomic mass is 10.1. The summed E-state index contributed by atoms with van der Waals surface area (Å²) < 4.78 is 10.5. The monoisotopic (exact) mass is 375 g/mol. The fourth-order valence-electron chi connectivity index (χ4n) is 3.95. The Bertz CT molecular complexity index is 732. The van der Waals surface area contributed by atoms with Crippen LogP contribution in [-0.4, -0.2) is 78.9 Å². The number of aliphatic hydroxyl groups is 1. The van der Waals surface area contributed by atoms with Crippen LogP contribution >= 0.6 is 0 Å². The lowest BCUT2D eigenvalue weighted by Crippen LogP contribution is -2.49. The molecule has 3 atom stereocenters. The second kappa shape index (κ2) is 7.36. The van der Waals surface area contributed by atoms with Gasteiger partial charge in [0.15, 0.2) is 11.5 Å². The number of aliphatic hydroxyl groups excluding tert-OH is 1. The smallest absolute Gasteiger partial charge is 0.251 e. The Balaban J connectivity index is 1.36. The SMILES string of the molecule is CN1CCN(C(=O)[C@H]2C[C@H](NC(=O)c3ccc4c(c3)OCO4)[C@@H](O)C2)CC1. The highest BCUT2D eigenvalue weighted by Gasteiger charge is 2.39. The Hall–Kier alpha value is -2.32. The molecule has 1 aromatic carbocycles. The van der Waals surface area contributed by atoms with Crippen LogP contribution in [0.5, 0.6) is 11.5 Å². The van der Waals surface area contributed by atoms with E-state index in [-0.39, 0.29) is 24.5 Å². The average Bonchev–Trinajstić information content (AvgIpc) is 3.28. The number of benzene rings is 1. The minimum atomic E-state index is -0.718. The Morgan fingerprint density at radius 2 is 1.85 bits per heavy atom. The molecule has 2 fully saturated rings. The third kappa shape index (κ3) is 3.72. The first-order valence-electron chi connectivity index (χ1n) is 9.37. The number of amides is 2. The van der Waals surface area contributed by atoms with E-state index in [1.54, 1.807) is 18.2 Å². The summed E-state index contributed by atoms with van der Waals surface area (Å²) in [7, 11) is 2.04. The second-order valence-electron chi connectivity index (χ2n) is 7.51. The average molecular weight is 375 g/mol. The molecule has 1 saturated heterocycles. The number of piperazine rings is 1. The lowest BCUT2D eigenvalue weighted by molar-refractivity contribution is -0.137. The maximum absolute atomic E-state index is 12.7. The minimum absolute atomic E-state index is 0.0852. The number of ether oxygens (including phenoxy) is 2. The predicted molar refractivity (Wildman–Crippen MR) is 96.6 cm³/mol. The van der Waals surface area contributed by atoms with Crippen molar-refractivity contribution in [3.8, 4) is 11.5 Å². The van der Waals surface area contributed by atoms with Gasteiger partial charge < -0.3 is 29.7 Å². The number of likely N-dealkylation sites (N-methyl/N-ethyl adjacent to an activating group) is 1. The topological polar surface area (TPSA) is 91.3 Å². The Morgan fingerprint density at radius 1 is 1.11 bits per heavy atom. The van der Waals surface area contributed by atoms with E-state index in [0.717, 1.165) is 26.2 Å². The third-order valence-corrected chi connectivity index (χ3v) is 5.64. The highest BCUT2D eigenvalue weighted by Crippen LogP contribution is 2.33. The van der Waals surface area contributed by atoms with Gasteiger partial charge in [-0.25, -0.2) is 0 Å². The van der Waals surface area contributed by atoms with Gasteiger partial charge in [0.1, 0.15) is 0 Å². The van der Waals surface area contributed by atoms with Crippen molar-refractivity contribution < 1.29 is 24.2 Å². The summed E-state index contributed by atoms with van der Waals surface area (Å²) in [6.07, 6.45) is 0.129. The van der Waals surface area contributed by atoms with Gasteiger partial charge in [0.05, 0.1) is 12.1 Å². The number of rotatable bonds is 3. The Kier molecular flexibility index (Phi) is 4.92. The number of hydrogen-bond donors (Lipinski definition) is 2. The van der Waals surface area contributed by atoms with E-state index >= 15 is 0 Å². The molecule has 2 amide bonds. The van der Waals surface area contributed by atoms with E-state index < -0.39 is 12.1 Å². The zero-order chi connectivity index (χ0) is 19.0. The van der Waals surface area contributed by atoms with E-state index in [1.165, 1.54) is 0 Å². The van der Waals surface area contributed by atoms with Crippen molar-refractivity contribution in [2.45, 2.75) is 25.0 Å². The van der Waals surface area contributed by atoms with Crippen molar-refractivity contribution in [2.24, 2.45) is 5.92 Å². The molecule has 0 spiro atoms. The van der Waals surface area contributed by atoms with E-state index in [4.69, 9.17) is 9.47 Å². The van der Waals surface area contributed by atoms with Crippen LogP contribution in [0.3, 0.4) is 0 Å². The van der Waals surface area contributed by atoms with Gasteiger partial charge in [-0.3, -0.25) is 9.59 Å². The number of fused-ring (bicyclic) bond motifs is 1. The molecule has 4 rings (SSSR count). The molecule has 1 saturated carbocycles. The molecular weight excluding hydrogens is 350 g/mol. The summed E-state index contributed by atoms with van der Waals surface area (Å²) in [6, 6.07) is 4.56. The van der Waals surface area contributed by atoms with Gasteiger partial charge in [-0.2, -0.15) is 0 Å². The zero-order valence-electron chi connectivity index (χ0n) is 15.4. The summed E-state index contributed by atoms with van der Waals surface area (Å²) >= 11 is 0. The third-order valence-electron chi connectivity index (χ3n) is 5.64. The Morgan fingerprint density at radius 3 is 2.63 bits per heavy atom. The molecule has 2 aliphatic heterocycles. The molecule has 8 nitrogen and oxygen atoms in total. The van der Waals surface area contributed by atoms with Crippen molar-refractivity contribution in [2.75, 3.05) is 40.0 Å².